The minimum absolute atomic E-state index is 0.394. The van der Waals surface area contributed by atoms with E-state index in [9.17, 15) is 17.6 Å². The van der Waals surface area contributed by atoms with Crippen LogP contribution < -0.4 is 0 Å². The number of hydrogen-bond donors (Lipinski definition) is 0. The van der Waals surface area contributed by atoms with Crippen molar-refractivity contribution in [1.82, 2.24) is 4.98 Å². The number of aromatic nitrogens is 1. The van der Waals surface area contributed by atoms with Crippen molar-refractivity contribution in [3.63, 3.8) is 0 Å². The molecule has 0 unspecified atom stereocenters. The SMILES string of the molecule is Fc1cnc(C(F)(F)F)c(Br)c1. The van der Waals surface area contributed by atoms with Crippen LogP contribution >= 0.6 is 15.9 Å². The molecule has 0 N–H and O–H groups in total. The molecule has 0 aliphatic carbocycles. The molecule has 1 aromatic heterocycles. The van der Waals surface area contributed by atoms with Gasteiger partial charge in [0.2, 0.25) is 0 Å². The van der Waals surface area contributed by atoms with Crippen LogP contribution in [0, 0.1) is 5.82 Å². The summed E-state index contributed by atoms with van der Waals surface area (Å²) < 4.78 is 47.8. The van der Waals surface area contributed by atoms with E-state index < -0.39 is 22.2 Å². The Morgan fingerprint density at radius 2 is 1.92 bits per heavy atom. The van der Waals surface area contributed by atoms with Crippen molar-refractivity contribution in [2.75, 3.05) is 0 Å². The standard InChI is InChI=1S/C6H2BrF4N/c7-4-1-3(8)2-12-5(4)6(9,10)11/h1-2H. The predicted octanol–water partition coefficient (Wildman–Crippen LogP) is 3.00. The minimum Gasteiger partial charge on any atom is -0.248 e. The van der Waals surface area contributed by atoms with Gasteiger partial charge in [-0.05, 0) is 22.0 Å². The number of alkyl halides is 3. The van der Waals surface area contributed by atoms with E-state index in [4.69, 9.17) is 0 Å². The van der Waals surface area contributed by atoms with Gasteiger partial charge in [0.05, 0.1) is 10.7 Å². The zero-order valence-electron chi connectivity index (χ0n) is 5.49. The van der Waals surface area contributed by atoms with E-state index in [-0.39, 0.29) is 0 Å². The van der Waals surface area contributed by atoms with Crippen LogP contribution in [0.4, 0.5) is 17.6 Å². The summed E-state index contributed by atoms with van der Waals surface area (Å²) in [5.74, 6) is -0.810. The summed E-state index contributed by atoms with van der Waals surface area (Å²) in [4.78, 5) is 2.90. The van der Waals surface area contributed by atoms with Gasteiger partial charge in [0.1, 0.15) is 5.82 Å². The fourth-order valence-corrected chi connectivity index (χ4v) is 1.17. The average Bonchev–Trinajstić information content (AvgIpc) is 1.83. The first-order valence-electron chi connectivity index (χ1n) is 2.79. The molecule has 0 bridgehead atoms. The predicted molar refractivity (Wildman–Crippen MR) is 36.9 cm³/mol. The van der Waals surface area contributed by atoms with E-state index in [1.54, 1.807) is 0 Å². The summed E-state index contributed by atoms with van der Waals surface area (Å²) in [5.41, 5.74) is -1.12. The normalized spacial score (nSPS) is 11.8. The highest BCUT2D eigenvalue weighted by atomic mass is 79.9. The largest absolute Gasteiger partial charge is 0.434 e. The maximum atomic E-state index is 12.3. The number of rotatable bonds is 0. The summed E-state index contributed by atoms with van der Waals surface area (Å²) >= 11 is 2.56. The van der Waals surface area contributed by atoms with Gasteiger partial charge >= 0.3 is 6.18 Å². The first kappa shape index (κ1) is 9.44. The second kappa shape index (κ2) is 3.01. The molecule has 1 rings (SSSR count). The summed E-state index contributed by atoms with van der Waals surface area (Å²) in [6.07, 6.45) is -4.03. The molecule has 66 valence electrons. The van der Waals surface area contributed by atoms with Crippen molar-refractivity contribution in [3.8, 4) is 0 Å². The van der Waals surface area contributed by atoms with E-state index in [1.807, 2.05) is 0 Å². The van der Waals surface area contributed by atoms with Crippen molar-refractivity contribution in [1.29, 1.82) is 0 Å². The molecule has 1 heterocycles. The molecule has 0 aliphatic rings. The highest BCUT2D eigenvalue weighted by Crippen LogP contribution is 2.32. The maximum absolute atomic E-state index is 12.3. The number of nitrogens with zero attached hydrogens (tertiary/aromatic N) is 1. The average molecular weight is 244 g/mol. The Morgan fingerprint density at radius 1 is 1.33 bits per heavy atom. The van der Waals surface area contributed by atoms with E-state index >= 15 is 0 Å². The molecule has 0 saturated heterocycles. The lowest BCUT2D eigenvalue weighted by molar-refractivity contribution is -0.141. The third kappa shape index (κ3) is 1.94. The molecule has 0 spiro atoms. The lowest BCUT2D eigenvalue weighted by Gasteiger charge is -2.06. The Balaban J connectivity index is 3.19. The van der Waals surface area contributed by atoms with Gasteiger partial charge < -0.3 is 0 Å². The second-order valence-corrected chi connectivity index (χ2v) is 2.84. The number of pyridine rings is 1. The molecule has 1 aromatic rings. The fourth-order valence-electron chi connectivity index (χ4n) is 0.623. The van der Waals surface area contributed by atoms with Crippen LogP contribution in [0.5, 0.6) is 0 Å². The summed E-state index contributed by atoms with van der Waals surface area (Å²) in [7, 11) is 0. The van der Waals surface area contributed by atoms with Crippen LogP contribution in [0.3, 0.4) is 0 Å². The quantitative estimate of drug-likeness (QED) is 0.639. The first-order valence-corrected chi connectivity index (χ1v) is 3.59. The van der Waals surface area contributed by atoms with Gasteiger partial charge in [-0.2, -0.15) is 13.2 Å². The van der Waals surface area contributed by atoms with E-state index in [0.717, 1.165) is 6.07 Å². The summed E-state index contributed by atoms with van der Waals surface area (Å²) in [5, 5.41) is 0. The Bertz CT molecular complexity index is 296. The Hall–Kier alpha value is -0.650. The number of hydrogen-bond acceptors (Lipinski definition) is 1. The van der Waals surface area contributed by atoms with Crippen LogP contribution in [0.2, 0.25) is 0 Å². The zero-order chi connectivity index (χ0) is 9.35. The van der Waals surface area contributed by atoms with E-state index in [1.165, 1.54) is 0 Å². The van der Waals surface area contributed by atoms with Crippen molar-refractivity contribution < 1.29 is 17.6 Å². The zero-order valence-corrected chi connectivity index (χ0v) is 7.08. The Morgan fingerprint density at radius 3 is 2.33 bits per heavy atom. The van der Waals surface area contributed by atoms with Gasteiger partial charge in [0.15, 0.2) is 5.69 Å². The summed E-state index contributed by atoms with van der Waals surface area (Å²) in [6.45, 7) is 0. The van der Waals surface area contributed by atoms with Crippen molar-refractivity contribution in [2.24, 2.45) is 0 Å². The molecule has 12 heavy (non-hydrogen) atoms. The van der Waals surface area contributed by atoms with Crippen LogP contribution in [0.15, 0.2) is 16.7 Å². The van der Waals surface area contributed by atoms with Gasteiger partial charge in [0, 0.05) is 0 Å². The van der Waals surface area contributed by atoms with Crippen molar-refractivity contribution in [3.05, 3.63) is 28.2 Å². The molecule has 0 amide bonds. The third-order valence-electron chi connectivity index (χ3n) is 1.08. The molecule has 0 aromatic carbocycles. The van der Waals surface area contributed by atoms with Gasteiger partial charge in [-0.1, -0.05) is 0 Å². The molecule has 6 heteroatoms. The molecule has 0 saturated carbocycles. The highest BCUT2D eigenvalue weighted by Gasteiger charge is 2.34. The molecular weight excluding hydrogens is 242 g/mol. The van der Waals surface area contributed by atoms with Gasteiger partial charge in [-0.15, -0.1) is 0 Å². The molecular formula is C6H2BrF4N. The topological polar surface area (TPSA) is 12.9 Å². The van der Waals surface area contributed by atoms with E-state index in [0.29, 0.717) is 6.20 Å². The smallest absolute Gasteiger partial charge is 0.248 e. The molecule has 0 atom stereocenters. The number of halogens is 5. The lowest BCUT2D eigenvalue weighted by Crippen LogP contribution is -2.08. The second-order valence-electron chi connectivity index (χ2n) is 1.98. The van der Waals surface area contributed by atoms with Gasteiger partial charge in [0.25, 0.3) is 0 Å². The fraction of sp³-hybridized carbons (Fsp3) is 0.167. The van der Waals surface area contributed by atoms with Gasteiger partial charge in [-0.3, -0.25) is 0 Å². The Kier molecular flexibility index (Phi) is 2.36. The lowest BCUT2D eigenvalue weighted by atomic mass is 10.3. The van der Waals surface area contributed by atoms with E-state index in [2.05, 4.69) is 20.9 Å². The van der Waals surface area contributed by atoms with Crippen molar-refractivity contribution in [2.45, 2.75) is 6.18 Å². The van der Waals surface area contributed by atoms with Crippen molar-refractivity contribution >= 4 is 15.9 Å². The molecule has 0 aliphatic heterocycles. The summed E-state index contributed by atoms with van der Waals surface area (Å²) in [6, 6.07) is 0.718. The van der Waals surface area contributed by atoms with Crippen LogP contribution in [0.25, 0.3) is 0 Å². The third-order valence-corrected chi connectivity index (χ3v) is 1.68. The monoisotopic (exact) mass is 243 g/mol. The maximum Gasteiger partial charge on any atom is 0.434 e. The minimum atomic E-state index is -4.55. The molecule has 1 nitrogen and oxygen atoms in total. The Labute approximate surface area is 73.5 Å². The molecule has 0 fully saturated rings. The van der Waals surface area contributed by atoms with Crippen LogP contribution in [-0.4, -0.2) is 4.98 Å². The van der Waals surface area contributed by atoms with Crippen LogP contribution in [0.1, 0.15) is 5.69 Å². The first-order chi connectivity index (χ1) is 5.41. The highest BCUT2D eigenvalue weighted by molar-refractivity contribution is 9.10. The van der Waals surface area contributed by atoms with Gasteiger partial charge in [-0.25, -0.2) is 9.37 Å². The van der Waals surface area contributed by atoms with Crippen LogP contribution in [-0.2, 0) is 6.18 Å². The molecule has 0 radical (unpaired) electrons.